The average molecular weight is 175 g/mol. The maximum absolute atomic E-state index is 6.67. The Labute approximate surface area is 56.6 Å². The molecule has 0 saturated heterocycles. The van der Waals surface area contributed by atoms with Crippen molar-refractivity contribution in [2.75, 3.05) is 0 Å². The Kier molecular flexibility index (Phi) is 3.12. The third-order valence-electron chi connectivity index (χ3n) is 0.311. The molecule has 0 spiro atoms. The Morgan fingerprint density at radius 2 is 1.43 bits per heavy atom. The van der Waals surface area contributed by atoms with E-state index in [9.17, 15) is 0 Å². The number of nitrogens with two attached hydrogens (primary N) is 2. The summed E-state index contributed by atoms with van der Waals surface area (Å²) in [7, 11) is 0. The maximum atomic E-state index is 6.67. The van der Waals surface area contributed by atoms with Crippen molar-refractivity contribution in [2.45, 2.75) is 0 Å². The van der Waals surface area contributed by atoms with E-state index in [1.807, 2.05) is 0 Å². The summed E-state index contributed by atoms with van der Waals surface area (Å²) in [5.74, 6) is 0. The molecular weight excluding hydrogens is 169 g/mol. The first-order valence-electron chi connectivity index (χ1n) is 1.65. The van der Waals surface area contributed by atoms with Gasteiger partial charge < -0.3 is 0 Å². The molecule has 0 saturated carbocycles. The van der Waals surface area contributed by atoms with E-state index in [1.54, 1.807) is 0 Å². The number of rotatable bonds is 2. The molecule has 0 unspecified atom stereocenters. The molecule has 0 atom stereocenters. The first-order chi connectivity index (χ1) is 3.13. The SMILES string of the molecule is N=[C](N)[Y][C](=N)N. The van der Waals surface area contributed by atoms with Gasteiger partial charge in [0.25, 0.3) is 0 Å². The molecule has 0 bridgehead atoms. The molecule has 0 heterocycles. The number of amidine groups is 2. The standard InChI is InChI=1S/2CH3N2.Y/c2*2-1-3;/h2*(H3,2,3);. The molecule has 0 aromatic rings. The van der Waals surface area contributed by atoms with Crippen LogP contribution in [-0.4, -0.2) is 5.29 Å². The first-order valence-corrected chi connectivity index (χ1v) is 4.49. The third-order valence-corrected chi connectivity index (χ3v) is 1.84. The topological polar surface area (TPSA) is 99.7 Å². The quantitative estimate of drug-likeness (QED) is 0.315. The van der Waals surface area contributed by atoms with Crippen LogP contribution in [0.1, 0.15) is 0 Å². The summed E-state index contributed by atoms with van der Waals surface area (Å²) in [6.45, 7) is 0. The summed E-state index contributed by atoms with van der Waals surface area (Å²) in [5.41, 5.74) is 9.88. The van der Waals surface area contributed by atoms with Crippen molar-refractivity contribution in [3.8, 4) is 0 Å². The van der Waals surface area contributed by atoms with Crippen LogP contribution >= 0.6 is 0 Å². The van der Waals surface area contributed by atoms with Gasteiger partial charge in [-0.05, 0) is 0 Å². The molecule has 0 radical (unpaired) electrons. The molecular formula is C2H6N4Y. The molecule has 37 valence electrons. The van der Waals surface area contributed by atoms with Gasteiger partial charge in [0.15, 0.2) is 0 Å². The van der Waals surface area contributed by atoms with E-state index < -0.39 is 29.2 Å². The van der Waals surface area contributed by atoms with Crippen LogP contribution in [-0.2, 0) is 29.2 Å². The predicted octanol–water partition coefficient (Wildman–Crippen LogP) is -1.14. The van der Waals surface area contributed by atoms with Crippen LogP contribution in [0.15, 0.2) is 0 Å². The van der Waals surface area contributed by atoms with Gasteiger partial charge in [-0.25, -0.2) is 0 Å². The molecule has 5 heteroatoms. The molecule has 0 aliphatic carbocycles. The minimum atomic E-state index is -1.39. The molecule has 0 aliphatic rings. The van der Waals surface area contributed by atoms with Gasteiger partial charge in [-0.1, -0.05) is 0 Å². The van der Waals surface area contributed by atoms with Gasteiger partial charge >= 0.3 is 56.8 Å². The van der Waals surface area contributed by atoms with Crippen LogP contribution in [0.4, 0.5) is 0 Å². The zero-order chi connectivity index (χ0) is 5.86. The van der Waals surface area contributed by atoms with Crippen LogP contribution in [0.5, 0.6) is 0 Å². The summed E-state index contributed by atoms with van der Waals surface area (Å²) < 4.78 is 0.255. The monoisotopic (exact) mass is 175 g/mol. The fourth-order valence-electron chi connectivity index (χ4n) is 0.168. The molecule has 4 nitrogen and oxygen atoms in total. The molecule has 0 rings (SSSR count). The van der Waals surface area contributed by atoms with Crippen molar-refractivity contribution < 1.29 is 29.2 Å². The Morgan fingerprint density at radius 3 is 1.43 bits per heavy atom. The minimum absolute atomic E-state index is 0.128. The number of hydrogen-bond donors (Lipinski definition) is 4. The second-order valence-electron chi connectivity index (χ2n) is 1.06. The number of hydrogen-bond acceptors (Lipinski definition) is 2. The summed E-state index contributed by atoms with van der Waals surface area (Å²) in [4.78, 5) is 0. The van der Waals surface area contributed by atoms with E-state index in [-0.39, 0.29) is 5.29 Å². The Morgan fingerprint density at radius 1 is 1.14 bits per heavy atom. The summed E-state index contributed by atoms with van der Waals surface area (Å²) in [5, 5.41) is 13.3. The van der Waals surface area contributed by atoms with E-state index in [1.165, 1.54) is 0 Å². The normalized spacial score (nSPS) is 6.86. The van der Waals surface area contributed by atoms with Crippen molar-refractivity contribution in [1.29, 1.82) is 10.8 Å². The van der Waals surface area contributed by atoms with Crippen LogP contribution in [0.2, 0.25) is 0 Å². The molecule has 0 aliphatic heterocycles. The predicted molar refractivity (Wildman–Crippen MR) is 23.8 cm³/mol. The van der Waals surface area contributed by atoms with Crippen molar-refractivity contribution in [2.24, 2.45) is 11.5 Å². The van der Waals surface area contributed by atoms with Crippen LogP contribution in [0.25, 0.3) is 0 Å². The summed E-state index contributed by atoms with van der Waals surface area (Å²) in [6.07, 6.45) is 0. The van der Waals surface area contributed by atoms with Gasteiger partial charge in [0.05, 0.1) is 0 Å². The second-order valence-corrected chi connectivity index (χ2v) is 4.82. The number of nitrogens with one attached hydrogen (secondary N) is 2. The third kappa shape index (κ3) is 6.04. The summed E-state index contributed by atoms with van der Waals surface area (Å²) >= 11 is -1.39. The molecule has 0 aromatic carbocycles. The van der Waals surface area contributed by atoms with Gasteiger partial charge in [0.1, 0.15) is 0 Å². The molecule has 7 heavy (non-hydrogen) atoms. The van der Waals surface area contributed by atoms with Crippen molar-refractivity contribution in [3.05, 3.63) is 0 Å². The molecule has 0 amide bonds. The van der Waals surface area contributed by atoms with Gasteiger partial charge in [-0.3, -0.25) is 0 Å². The van der Waals surface area contributed by atoms with Crippen molar-refractivity contribution >= 4 is 5.29 Å². The molecule has 0 fully saturated rings. The summed E-state index contributed by atoms with van der Waals surface area (Å²) in [6, 6.07) is 0. The van der Waals surface area contributed by atoms with Crippen LogP contribution in [0, 0.1) is 10.8 Å². The second kappa shape index (κ2) is 3.10. The van der Waals surface area contributed by atoms with Crippen molar-refractivity contribution in [1.82, 2.24) is 0 Å². The molecule has 6 N–H and O–H groups in total. The van der Waals surface area contributed by atoms with Gasteiger partial charge in [0, 0.05) is 0 Å². The zero-order valence-electron chi connectivity index (χ0n) is 3.73. The first kappa shape index (κ1) is 7.04. The van der Waals surface area contributed by atoms with E-state index in [2.05, 4.69) is 0 Å². The van der Waals surface area contributed by atoms with Crippen molar-refractivity contribution in [3.63, 3.8) is 0 Å². The van der Waals surface area contributed by atoms with Gasteiger partial charge in [0.2, 0.25) is 0 Å². The Hall–Kier alpha value is 0.0439. The zero-order valence-corrected chi connectivity index (χ0v) is 6.57. The fourth-order valence-corrected chi connectivity index (χ4v) is 0.991. The van der Waals surface area contributed by atoms with E-state index in [0.717, 1.165) is 0 Å². The Balaban J connectivity index is 3.32. The fraction of sp³-hybridized carbons (Fsp3) is 0. The average Bonchev–Trinajstić information content (AvgIpc) is 1.27. The van der Waals surface area contributed by atoms with E-state index >= 15 is 0 Å². The van der Waals surface area contributed by atoms with Crippen LogP contribution < -0.4 is 11.5 Å². The van der Waals surface area contributed by atoms with Gasteiger partial charge in [-0.15, -0.1) is 0 Å². The Bertz CT molecular complexity index is 85.9. The van der Waals surface area contributed by atoms with E-state index in [4.69, 9.17) is 22.3 Å². The van der Waals surface area contributed by atoms with Crippen LogP contribution in [0.3, 0.4) is 0 Å². The van der Waals surface area contributed by atoms with Gasteiger partial charge in [-0.2, -0.15) is 0 Å². The van der Waals surface area contributed by atoms with E-state index in [0.29, 0.717) is 0 Å². The molecule has 0 aromatic heterocycles.